The standard InChI is InChI=1S/C24H33FN2O2/c1-27(21-10-3-2-4-11-21)17-22(28)18-29-23-12-7-8-19(14-23)15-26-16-20-9-5-6-13-24(20)25/h5-9,12-14,21-22,26,28H,2-4,10-11,15-18H2,1H3. The molecule has 0 bridgehead atoms. The zero-order valence-electron chi connectivity index (χ0n) is 17.3. The molecule has 1 unspecified atom stereocenters. The summed E-state index contributed by atoms with van der Waals surface area (Å²) in [6, 6.07) is 15.2. The molecule has 0 heterocycles. The number of nitrogens with one attached hydrogen (secondary N) is 1. The highest BCUT2D eigenvalue weighted by Crippen LogP contribution is 2.22. The largest absolute Gasteiger partial charge is 0.491 e. The summed E-state index contributed by atoms with van der Waals surface area (Å²) < 4.78 is 19.5. The summed E-state index contributed by atoms with van der Waals surface area (Å²) in [5.41, 5.74) is 1.72. The number of halogens is 1. The van der Waals surface area contributed by atoms with E-state index in [1.165, 1.54) is 38.2 Å². The second-order valence-electron chi connectivity index (χ2n) is 8.04. The van der Waals surface area contributed by atoms with Gasteiger partial charge < -0.3 is 20.1 Å². The molecule has 1 saturated carbocycles. The van der Waals surface area contributed by atoms with Gasteiger partial charge in [0.2, 0.25) is 0 Å². The van der Waals surface area contributed by atoms with Crippen LogP contribution >= 0.6 is 0 Å². The van der Waals surface area contributed by atoms with E-state index in [1.54, 1.807) is 12.1 Å². The fourth-order valence-corrected chi connectivity index (χ4v) is 3.98. The Morgan fingerprint density at radius 3 is 2.69 bits per heavy atom. The minimum absolute atomic E-state index is 0.190. The van der Waals surface area contributed by atoms with E-state index < -0.39 is 6.10 Å². The van der Waals surface area contributed by atoms with Crippen molar-refractivity contribution in [3.8, 4) is 5.75 Å². The quantitative estimate of drug-likeness (QED) is 0.630. The lowest BCUT2D eigenvalue weighted by Gasteiger charge is -2.32. The Morgan fingerprint density at radius 2 is 1.90 bits per heavy atom. The van der Waals surface area contributed by atoms with Crippen LogP contribution in [0.2, 0.25) is 0 Å². The summed E-state index contributed by atoms with van der Waals surface area (Å²) in [6.07, 6.45) is 5.86. The van der Waals surface area contributed by atoms with Gasteiger partial charge in [0.1, 0.15) is 24.3 Å². The summed E-state index contributed by atoms with van der Waals surface area (Å²) in [7, 11) is 2.10. The highest BCUT2D eigenvalue weighted by atomic mass is 19.1. The van der Waals surface area contributed by atoms with Crippen molar-refractivity contribution >= 4 is 0 Å². The van der Waals surface area contributed by atoms with Gasteiger partial charge in [0.05, 0.1) is 0 Å². The number of likely N-dealkylation sites (N-methyl/N-ethyl adjacent to an activating group) is 1. The molecule has 1 aliphatic rings. The Morgan fingerprint density at radius 1 is 1.10 bits per heavy atom. The van der Waals surface area contributed by atoms with Crippen molar-refractivity contribution in [3.63, 3.8) is 0 Å². The van der Waals surface area contributed by atoms with Crippen molar-refractivity contribution in [1.82, 2.24) is 10.2 Å². The van der Waals surface area contributed by atoms with Crippen molar-refractivity contribution in [2.24, 2.45) is 0 Å². The third kappa shape index (κ3) is 7.11. The molecule has 4 nitrogen and oxygen atoms in total. The van der Waals surface area contributed by atoms with Gasteiger partial charge in [0, 0.05) is 31.2 Å². The Kier molecular flexibility index (Phi) is 8.47. The lowest BCUT2D eigenvalue weighted by atomic mass is 9.94. The van der Waals surface area contributed by atoms with Crippen molar-refractivity contribution in [3.05, 3.63) is 65.5 Å². The van der Waals surface area contributed by atoms with Crippen LogP contribution in [0.1, 0.15) is 43.2 Å². The first-order valence-corrected chi connectivity index (χ1v) is 10.7. The number of benzene rings is 2. The van der Waals surface area contributed by atoms with Gasteiger partial charge in [-0.05, 0) is 43.7 Å². The van der Waals surface area contributed by atoms with Crippen LogP contribution in [0.4, 0.5) is 4.39 Å². The predicted octanol–water partition coefficient (Wildman–Crippen LogP) is 4.12. The second-order valence-corrected chi connectivity index (χ2v) is 8.04. The fraction of sp³-hybridized carbons (Fsp3) is 0.500. The molecule has 0 saturated heterocycles. The lowest BCUT2D eigenvalue weighted by Crippen LogP contribution is -2.40. The first kappa shape index (κ1) is 21.8. The average molecular weight is 401 g/mol. The molecule has 158 valence electrons. The van der Waals surface area contributed by atoms with Crippen LogP contribution in [0.3, 0.4) is 0 Å². The monoisotopic (exact) mass is 400 g/mol. The zero-order chi connectivity index (χ0) is 20.5. The maximum Gasteiger partial charge on any atom is 0.127 e. The van der Waals surface area contributed by atoms with Gasteiger partial charge in [0.25, 0.3) is 0 Å². The van der Waals surface area contributed by atoms with E-state index in [9.17, 15) is 9.50 Å². The van der Waals surface area contributed by atoms with Crippen LogP contribution in [0.15, 0.2) is 48.5 Å². The summed E-state index contributed by atoms with van der Waals surface area (Å²) in [6.45, 7) is 2.01. The smallest absolute Gasteiger partial charge is 0.127 e. The van der Waals surface area contributed by atoms with E-state index in [0.29, 0.717) is 31.2 Å². The minimum atomic E-state index is -0.509. The summed E-state index contributed by atoms with van der Waals surface area (Å²) >= 11 is 0. The second kappa shape index (κ2) is 11.3. The molecule has 2 aromatic rings. The van der Waals surface area contributed by atoms with E-state index in [1.807, 2.05) is 30.3 Å². The van der Waals surface area contributed by atoms with Gasteiger partial charge in [-0.15, -0.1) is 0 Å². The first-order chi connectivity index (χ1) is 14.1. The maximum atomic E-state index is 13.7. The molecule has 0 aliphatic heterocycles. The van der Waals surface area contributed by atoms with Crippen LogP contribution in [-0.2, 0) is 13.1 Å². The number of hydrogen-bond donors (Lipinski definition) is 2. The molecule has 1 atom stereocenters. The summed E-state index contributed by atoms with van der Waals surface area (Å²) in [4.78, 5) is 2.27. The Labute approximate surface area is 173 Å². The Bertz CT molecular complexity index is 749. The molecule has 29 heavy (non-hydrogen) atoms. The number of hydrogen-bond acceptors (Lipinski definition) is 4. The van der Waals surface area contributed by atoms with Crippen molar-refractivity contribution in [2.75, 3.05) is 20.2 Å². The van der Waals surface area contributed by atoms with Gasteiger partial charge in [-0.25, -0.2) is 4.39 Å². The number of aliphatic hydroxyl groups excluding tert-OH is 1. The van der Waals surface area contributed by atoms with E-state index in [4.69, 9.17) is 4.74 Å². The molecular formula is C24H33FN2O2. The van der Waals surface area contributed by atoms with E-state index in [2.05, 4.69) is 17.3 Å². The van der Waals surface area contributed by atoms with Gasteiger partial charge in [-0.3, -0.25) is 0 Å². The van der Waals surface area contributed by atoms with E-state index in [0.717, 1.165) is 11.3 Å². The van der Waals surface area contributed by atoms with Gasteiger partial charge in [-0.1, -0.05) is 49.6 Å². The molecule has 1 aliphatic carbocycles. The predicted molar refractivity (Wildman–Crippen MR) is 114 cm³/mol. The van der Waals surface area contributed by atoms with Gasteiger partial charge in [0.15, 0.2) is 0 Å². The van der Waals surface area contributed by atoms with Crippen LogP contribution < -0.4 is 10.1 Å². The number of aliphatic hydroxyl groups is 1. The van der Waals surface area contributed by atoms with Crippen molar-refractivity contribution < 1.29 is 14.2 Å². The number of rotatable bonds is 10. The van der Waals surface area contributed by atoms with Crippen LogP contribution in [0, 0.1) is 5.82 Å². The fourth-order valence-electron chi connectivity index (χ4n) is 3.98. The highest BCUT2D eigenvalue weighted by molar-refractivity contribution is 5.28. The third-order valence-corrected chi connectivity index (χ3v) is 5.64. The van der Waals surface area contributed by atoms with Crippen molar-refractivity contribution in [1.29, 1.82) is 0 Å². The Balaban J connectivity index is 1.41. The topological polar surface area (TPSA) is 44.7 Å². The van der Waals surface area contributed by atoms with Gasteiger partial charge >= 0.3 is 0 Å². The molecule has 5 heteroatoms. The van der Waals surface area contributed by atoms with E-state index >= 15 is 0 Å². The molecule has 1 fully saturated rings. The van der Waals surface area contributed by atoms with E-state index in [-0.39, 0.29) is 12.4 Å². The normalized spacial score (nSPS) is 16.1. The average Bonchev–Trinajstić information content (AvgIpc) is 2.74. The molecular weight excluding hydrogens is 367 g/mol. The number of nitrogens with zero attached hydrogens (tertiary/aromatic N) is 1. The van der Waals surface area contributed by atoms with Crippen molar-refractivity contribution in [2.45, 2.75) is 57.3 Å². The SMILES string of the molecule is CN(CC(O)COc1cccc(CNCc2ccccc2F)c1)C1CCCCC1. The molecule has 0 spiro atoms. The number of ether oxygens (including phenoxy) is 1. The highest BCUT2D eigenvalue weighted by Gasteiger charge is 2.20. The maximum absolute atomic E-state index is 13.7. The molecule has 2 aromatic carbocycles. The minimum Gasteiger partial charge on any atom is -0.491 e. The van der Waals surface area contributed by atoms with Crippen LogP contribution in [0.5, 0.6) is 5.75 Å². The summed E-state index contributed by atoms with van der Waals surface area (Å²) in [5.74, 6) is 0.554. The molecule has 3 rings (SSSR count). The van der Waals surface area contributed by atoms with Crippen LogP contribution in [-0.4, -0.2) is 42.4 Å². The molecule has 2 N–H and O–H groups in total. The molecule has 0 amide bonds. The van der Waals surface area contributed by atoms with Crippen LogP contribution in [0.25, 0.3) is 0 Å². The molecule has 0 aromatic heterocycles. The first-order valence-electron chi connectivity index (χ1n) is 10.7. The van der Waals surface area contributed by atoms with Gasteiger partial charge in [-0.2, -0.15) is 0 Å². The third-order valence-electron chi connectivity index (χ3n) is 5.64. The Hall–Kier alpha value is -1.95. The lowest BCUT2D eigenvalue weighted by molar-refractivity contribution is 0.0561. The zero-order valence-corrected chi connectivity index (χ0v) is 17.3. The summed E-state index contributed by atoms with van der Waals surface area (Å²) in [5, 5.41) is 13.6. The molecule has 0 radical (unpaired) electrons.